The molecule has 9 heteroatoms. The molecule has 0 fully saturated rings. The van der Waals surface area contributed by atoms with E-state index in [1.807, 2.05) is 74.5 Å². The zero-order valence-electron chi connectivity index (χ0n) is 22.6. The maximum Gasteiger partial charge on any atom is 0.243 e. The van der Waals surface area contributed by atoms with E-state index in [0.29, 0.717) is 23.7 Å². The highest BCUT2D eigenvalue weighted by atomic mass is 35.5. The number of benzene rings is 3. The number of rotatable bonds is 13. The molecule has 2 amide bonds. The van der Waals surface area contributed by atoms with E-state index in [0.717, 1.165) is 22.9 Å². The first-order valence-corrected chi connectivity index (χ1v) is 15.2. The number of aryl methyl sites for hydroxylation is 1. The number of amides is 2. The molecule has 0 aromatic heterocycles. The molecule has 39 heavy (non-hydrogen) atoms. The average molecular weight is 570 g/mol. The van der Waals surface area contributed by atoms with Gasteiger partial charge in [0.1, 0.15) is 6.04 Å². The number of sulfonamides is 1. The number of nitrogens with one attached hydrogen (secondary N) is 1. The first-order chi connectivity index (χ1) is 18.6. The molecule has 0 unspecified atom stereocenters. The fraction of sp³-hybridized carbons (Fsp3) is 0.333. The number of anilines is 1. The lowest BCUT2D eigenvalue weighted by Gasteiger charge is -2.32. The zero-order valence-corrected chi connectivity index (χ0v) is 24.2. The first-order valence-electron chi connectivity index (χ1n) is 13.0. The van der Waals surface area contributed by atoms with Gasteiger partial charge in [-0.05, 0) is 49.1 Å². The number of carbonyl (C=O) groups excluding carboxylic acids is 2. The van der Waals surface area contributed by atoms with Crippen LogP contribution in [0.3, 0.4) is 0 Å². The number of hydrogen-bond donors (Lipinski definition) is 1. The van der Waals surface area contributed by atoms with Crippen molar-refractivity contribution in [2.45, 2.75) is 45.7 Å². The molecular formula is C30H36ClN3O4S. The van der Waals surface area contributed by atoms with E-state index in [1.165, 1.54) is 4.31 Å². The topological polar surface area (TPSA) is 86.8 Å². The number of nitrogens with zero attached hydrogens (tertiary/aromatic N) is 2. The Morgan fingerprint density at radius 3 is 2.15 bits per heavy atom. The maximum atomic E-state index is 13.7. The van der Waals surface area contributed by atoms with Crippen LogP contribution in [-0.4, -0.2) is 50.5 Å². The highest BCUT2D eigenvalue weighted by molar-refractivity contribution is 7.92. The van der Waals surface area contributed by atoms with Crippen LogP contribution in [0.15, 0.2) is 78.9 Å². The van der Waals surface area contributed by atoms with Crippen molar-refractivity contribution in [2.75, 3.05) is 23.7 Å². The van der Waals surface area contributed by atoms with E-state index in [9.17, 15) is 18.0 Å². The van der Waals surface area contributed by atoms with Gasteiger partial charge in [-0.15, -0.1) is 0 Å². The van der Waals surface area contributed by atoms with Crippen molar-refractivity contribution in [3.8, 4) is 0 Å². The molecule has 0 saturated carbocycles. The van der Waals surface area contributed by atoms with Gasteiger partial charge >= 0.3 is 0 Å². The summed E-state index contributed by atoms with van der Waals surface area (Å²) in [5, 5.41) is 3.31. The Hall–Kier alpha value is -3.36. The minimum absolute atomic E-state index is 0.0726. The number of likely N-dealkylation sites (N-methyl/N-ethyl adjacent to an activating group) is 1. The van der Waals surface area contributed by atoms with Gasteiger partial charge in [-0.1, -0.05) is 78.3 Å². The quantitative estimate of drug-likeness (QED) is 0.315. The lowest BCUT2D eigenvalue weighted by Crippen LogP contribution is -2.50. The lowest BCUT2D eigenvalue weighted by atomic mass is 10.0. The van der Waals surface area contributed by atoms with Gasteiger partial charge in [-0.3, -0.25) is 13.9 Å². The summed E-state index contributed by atoms with van der Waals surface area (Å²) in [5.41, 5.74) is 3.10. The van der Waals surface area contributed by atoms with E-state index in [4.69, 9.17) is 11.6 Å². The highest BCUT2D eigenvalue weighted by Crippen LogP contribution is 2.27. The van der Waals surface area contributed by atoms with Crippen LogP contribution < -0.4 is 9.62 Å². The summed E-state index contributed by atoms with van der Waals surface area (Å²) in [6.45, 7) is 4.47. The van der Waals surface area contributed by atoms with Crippen LogP contribution in [-0.2, 0) is 32.6 Å². The van der Waals surface area contributed by atoms with E-state index in [2.05, 4.69) is 5.32 Å². The molecule has 3 aromatic rings. The molecule has 3 aromatic carbocycles. The van der Waals surface area contributed by atoms with Gasteiger partial charge in [0.15, 0.2) is 0 Å². The summed E-state index contributed by atoms with van der Waals surface area (Å²) in [6, 6.07) is 23.5. The second-order valence-electron chi connectivity index (χ2n) is 9.48. The Labute approximate surface area is 236 Å². The molecule has 1 N–H and O–H groups in total. The van der Waals surface area contributed by atoms with Crippen molar-refractivity contribution in [3.05, 3.63) is 101 Å². The third-order valence-electron chi connectivity index (χ3n) is 6.41. The number of hydrogen-bond acceptors (Lipinski definition) is 4. The van der Waals surface area contributed by atoms with E-state index in [-0.39, 0.29) is 37.7 Å². The van der Waals surface area contributed by atoms with E-state index in [1.54, 1.807) is 23.1 Å². The number of carbonyl (C=O) groups is 2. The monoisotopic (exact) mass is 569 g/mol. The molecular weight excluding hydrogens is 534 g/mol. The summed E-state index contributed by atoms with van der Waals surface area (Å²) >= 11 is 6.15. The third-order valence-corrected chi connectivity index (χ3v) is 7.82. The maximum absolute atomic E-state index is 13.7. The van der Waals surface area contributed by atoms with Gasteiger partial charge in [-0.2, -0.15) is 0 Å². The van der Waals surface area contributed by atoms with Crippen molar-refractivity contribution in [3.63, 3.8) is 0 Å². The summed E-state index contributed by atoms with van der Waals surface area (Å²) in [5.74, 6) is -0.444. The van der Waals surface area contributed by atoms with E-state index < -0.39 is 16.1 Å². The zero-order chi connectivity index (χ0) is 28.4. The van der Waals surface area contributed by atoms with Crippen LogP contribution in [0.25, 0.3) is 0 Å². The Morgan fingerprint density at radius 2 is 1.56 bits per heavy atom. The van der Waals surface area contributed by atoms with Crippen LogP contribution in [0, 0.1) is 6.92 Å². The van der Waals surface area contributed by atoms with Crippen molar-refractivity contribution in [1.29, 1.82) is 0 Å². The van der Waals surface area contributed by atoms with Crippen molar-refractivity contribution in [1.82, 2.24) is 10.2 Å². The average Bonchev–Trinajstić information content (AvgIpc) is 2.90. The standard InChI is InChI=1S/C30H36ClN3O4S/c1-4-32-30(36)28(20-24-12-7-5-8-13-24)33(22-25-14-9-6-10-15-25)29(35)16-11-19-34(39(3,37)38)27-21-26(31)18-17-23(27)2/h5-10,12-15,17-18,21,28H,4,11,16,19-20,22H2,1-3H3,(H,32,36)/t28-/m0/s1. The Morgan fingerprint density at radius 1 is 0.949 bits per heavy atom. The second kappa shape index (κ2) is 14.1. The fourth-order valence-electron chi connectivity index (χ4n) is 4.46. The smallest absolute Gasteiger partial charge is 0.243 e. The van der Waals surface area contributed by atoms with Gasteiger partial charge in [0.05, 0.1) is 11.9 Å². The molecule has 0 bridgehead atoms. The first kappa shape index (κ1) is 30.2. The molecule has 0 saturated heterocycles. The van der Waals surface area contributed by atoms with Crippen LogP contribution in [0.5, 0.6) is 0 Å². The molecule has 0 aliphatic carbocycles. The highest BCUT2D eigenvalue weighted by Gasteiger charge is 2.30. The third kappa shape index (κ3) is 8.83. The van der Waals surface area contributed by atoms with Crippen molar-refractivity contribution >= 4 is 39.1 Å². The molecule has 7 nitrogen and oxygen atoms in total. The Balaban J connectivity index is 1.86. The van der Waals surface area contributed by atoms with Crippen LogP contribution >= 0.6 is 11.6 Å². The minimum atomic E-state index is -3.62. The SMILES string of the molecule is CCNC(=O)[C@H](Cc1ccccc1)N(Cc1ccccc1)C(=O)CCCN(c1cc(Cl)ccc1C)S(C)(=O)=O. The molecule has 3 rings (SSSR count). The van der Waals surface area contributed by atoms with Gasteiger partial charge in [0.2, 0.25) is 21.8 Å². The number of halogens is 1. The Bertz CT molecular complexity index is 1350. The van der Waals surface area contributed by atoms with Crippen molar-refractivity contribution in [2.24, 2.45) is 0 Å². The predicted octanol–water partition coefficient (Wildman–Crippen LogP) is 4.97. The summed E-state index contributed by atoms with van der Waals surface area (Å²) in [4.78, 5) is 28.6. The van der Waals surface area contributed by atoms with Gasteiger partial charge in [0, 0.05) is 37.5 Å². The molecule has 1 atom stereocenters. The minimum Gasteiger partial charge on any atom is -0.355 e. The summed E-state index contributed by atoms with van der Waals surface area (Å²) in [7, 11) is -3.62. The molecule has 0 heterocycles. The van der Waals surface area contributed by atoms with Gasteiger partial charge in [-0.25, -0.2) is 8.42 Å². The molecule has 0 aliphatic heterocycles. The van der Waals surface area contributed by atoms with Gasteiger partial charge in [0.25, 0.3) is 0 Å². The molecule has 0 spiro atoms. The predicted molar refractivity (Wildman–Crippen MR) is 157 cm³/mol. The fourth-order valence-corrected chi connectivity index (χ4v) is 5.64. The normalized spacial score (nSPS) is 12.0. The molecule has 0 aliphatic rings. The van der Waals surface area contributed by atoms with Crippen LogP contribution in [0.2, 0.25) is 5.02 Å². The Kier molecular flexibility index (Phi) is 10.9. The summed E-state index contributed by atoms with van der Waals surface area (Å²) in [6.07, 6.45) is 1.85. The van der Waals surface area contributed by atoms with Crippen molar-refractivity contribution < 1.29 is 18.0 Å². The van der Waals surface area contributed by atoms with Gasteiger partial charge < -0.3 is 10.2 Å². The van der Waals surface area contributed by atoms with Crippen LogP contribution in [0.1, 0.15) is 36.5 Å². The largest absolute Gasteiger partial charge is 0.355 e. The lowest BCUT2D eigenvalue weighted by molar-refractivity contribution is -0.141. The van der Waals surface area contributed by atoms with Crippen LogP contribution in [0.4, 0.5) is 5.69 Å². The second-order valence-corrected chi connectivity index (χ2v) is 11.8. The molecule has 208 valence electrons. The molecule has 0 radical (unpaired) electrons. The van der Waals surface area contributed by atoms with E-state index >= 15 is 0 Å². The summed E-state index contributed by atoms with van der Waals surface area (Å²) < 4.78 is 26.6.